The van der Waals surface area contributed by atoms with Gasteiger partial charge in [0.2, 0.25) is 0 Å². The Morgan fingerprint density at radius 1 is 1.38 bits per heavy atom. The molecule has 0 aliphatic rings. The normalized spacial score (nSPS) is 9.75. The molecule has 0 aliphatic carbocycles. The van der Waals surface area contributed by atoms with Crippen molar-refractivity contribution in [2.45, 2.75) is 6.92 Å². The molecule has 50 valence electrons. The van der Waals surface area contributed by atoms with Crippen LogP contribution in [-0.4, -0.2) is 24.9 Å². The molecule has 0 radical (unpaired) electrons. The summed E-state index contributed by atoms with van der Waals surface area (Å²) in [5, 5.41) is 12.2. The monoisotopic (exact) mass is 122 g/mol. The van der Waals surface area contributed by atoms with Gasteiger partial charge in [0.15, 0.2) is 0 Å². The first-order chi connectivity index (χ1) is 3.91. The molecular formula is C4H10O4. The van der Waals surface area contributed by atoms with Gasteiger partial charge in [-0.15, -0.1) is 0 Å². The second-order valence-corrected chi connectivity index (χ2v) is 1.02. The van der Waals surface area contributed by atoms with Gasteiger partial charge in [0, 0.05) is 0 Å². The van der Waals surface area contributed by atoms with Crippen molar-refractivity contribution in [2.24, 2.45) is 0 Å². The molecule has 0 saturated carbocycles. The van der Waals surface area contributed by atoms with Crippen LogP contribution in [0.25, 0.3) is 0 Å². The van der Waals surface area contributed by atoms with E-state index in [1.54, 1.807) is 6.92 Å². The van der Waals surface area contributed by atoms with Crippen molar-refractivity contribution in [3.63, 3.8) is 0 Å². The smallest absolute Gasteiger partial charge is 0.108 e. The molecule has 0 rings (SSSR count). The fourth-order valence-electron chi connectivity index (χ4n) is 0.153. The van der Waals surface area contributed by atoms with Crippen LogP contribution in [0, 0.1) is 0 Å². The number of rotatable bonds is 5. The van der Waals surface area contributed by atoms with Crippen LogP contribution in [-0.2, 0) is 14.8 Å². The summed E-state index contributed by atoms with van der Waals surface area (Å²) in [5.41, 5.74) is 0. The summed E-state index contributed by atoms with van der Waals surface area (Å²) in [6, 6.07) is 0. The quantitative estimate of drug-likeness (QED) is 0.313. The third-order valence-corrected chi connectivity index (χ3v) is 0.389. The predicted molar refractivity (Wildman–Crippen MR) is 25.7 cm³/mol. The fourth-order valence-corrected chi connectivity index (χ4v) is 0.153. The third-order valence-electron chi connectivity index (χ3n) is 0.389. The van der Waals surface area contributed by atoms with Gasteiger partial charge in [-0.25, -0.2) is 9.78 Å². The van der Waals surface area contributed by atoms with Gasteiger partial charge in [-0.1, -0.05) is 5.04 Å². The molecule has 4 heteroatoms. The van der Waals surface area contributed by atoms with Gasteiger partial charge < -0.3 is 5.11 Å². The average molecular weight is 122 g/mol. The molecular weight excluding hydrogens is 112 g/mol. The Kier molecular flexibility index (Phi) is 6.70. The maximum Gasteiger partial charge on any atom is 0.108 e. The Hall–Kier alpha value is -0.160. The van der Waals surface area contributed by atoms with Gasteiger partial charge in [0.1, 0.15) is 6.61 Å². The van der Waals surface area contributed by atoms with E-state index in [0.717, 1.165) is 0 Å². The molecule has 0 aromatic carbocycles. The van der Waals surface area contributed by atoms with Crippen molar-refractivity contribution in [1.29, 1.82) is 0 Å². The van der Waals surface area contributed by atoms with Crippen LogP contribution >= 0.6 is 0 Å². The molecule has 0 bridgehead atoms. The Bertz CT molecular complexity index is 33.0. The lowest BCUT2D eigenvalue weighted by Gasteiger charge is -1.96. The Morgan fingerprint density at radius 2 is 2.12 bits per heavy atom. The summed E-state index contributed by atoms with van der Waals surface area (Å²) in [4.78, 5) is 8.55. The highest BCUT2D eigenvalue weighted by Gasteiger charge is 1.82. The maximum atomic E-state index is 8.11. The minimum absolute atomic E-state index is 0.0624. The molecule has 0 unspecified atom stereocenters. The zero-order valence-corrected chi connectivity index (χ0v) is 4.79. The van der Waals surface area contributed by atoms with E-state index in [1.807, 2.05) is 0 Å². The summed E-state index contributed by atoms with van der Waals surface area (Å²) in [6.45, 7) is 2.28. The number of aliphatic hydroxyl groups is 1. The molecule has 0 saturated heterocycles. The zero-order chi connectivity index (χ0) is 6.24. The lowest BCUT2D eigenvalue weighted by molar-refractivity contribution is -0.511. The number of hydrogen-bond donors (Lipinski definition) is 1. The van der Waals surface area contributed by atoms with Gasteiger partial charge in [-0.3, -0.25) is 0 Å². The Morgan fingerprint density at radius 3 is 2.62 bits per heavy atom. The minimum Gasteiger partial charge on any atom is -0.394 e. The molecule has 0 heterocycles. The van der Waals surface area contributed by atoms with Gasteiger partial charge in [-0.05, 0) is 6.92 Å². The van der Waals surface area contributed by atoms with Crippen LogP contribution in [0.15, 0.2) is 0 Å². The molecule has 0 fully saturated rings. The van der Waals surface area contributed by atoms with E-state index < -0.39 is 0 Å². The van der Waals surface area contributed by atoms with E-state index in [2.05, 4.69) is 14.8 Å². The minimum atomic E-state index is -0.0624. The summed E-state index contributed by atoms with van der Waals surface area (Å²) in [6.07, 6.45) is 0. The van der Waals surface area contributed by atoms with Crippen LogP contribution in [0.5, 0.6) is 0 Å². The lowest BCUT2D eigenvalue weighted by atomic mass is 10.8. The van der Waals surface area contributed by atoms with Crippen molar-refractivity contribution < 1.29 is 19.9 Å². The third kappa shape index (κ3) is 5.84. The van der Waals surface area contributed by atoms with Crippen LogP contribution < -0.4 is 0 Å². The van der Waals surface area contributed by atoms with E-state index in [9.17, 15) is 0 Å². The van der Waals surface area contributed by atoms with Crippen molar-refractivity contribution in [3.8, 4) is 0 Å². The molecule has 4 nitrogen and oxygen atoms in total. The van der Waals surface area contributed by atoms with E-state index in [4.69, 9.17) is 5.11 Å². The second-order valence-electron chi connectivity index (χ2n) is 1.02. The van der Waals surface area contributed by atoms with E-state index in [-0.39, 0.29) is 13.2 Å². The lowest BCUT2D eigenvalue weighted by Crippen LogP contribution is -2.00. The maximum absolute atomic E-state index is 8.11. The molecule has 1 N–H and O–H groups in total. The van der Waals surface area contributed by atoms with Crippen molar-refractivity contribution >= 4 is 0 Å². The molecule has 0 spiro atoms. The SMILES string of the molecule is CCOOOCCO. The largest absolute Gasteiger partial charge is 0.394 e. The molecule has 0 aromatic heterocycles. The van der Waals surface area contributed by atoms with Gasteiger partial charge in [0.05, 0.1) is 13.2 Å². The van der Waals surface area contributed by atoms with Crippen LogP contribution in [0.3, 0.4) is 0 Å². The van der Waals surface area contributed by atoms with Crippen molar-refractivity contribution in [1.82, 2.24) is 0 Å². The standard InChI is InChI=1S/C4H10O4/c1-2-6-8-7-4-3-5/h5H,2-4H2,1H3. The molecule has 0 aliphatic heterocycles. The molecule has 8 heavy (non-hydrogen) atoms. The van der Waals surface area contributed by atoms with Gasteiger partial charge >= 0.3 is 0 Å². The van der Waals surface area contributed by atoms with Crippen LogP contribution in [0.1, 0.15) is 6.92 Å². The Labute approximate surface area is 47.8 Å². The average Bonchev–Trinajstić information content (AvgIpc) is 1.81. The highest BCUT2D eigenvalue weighted by atomic mass is 17.5. The Balaban J connectivity index is 2.53. The fraction of sp³-hybridized carbons (Fsp3) is 1.00. The molecule has 0 aromatic rings. The van der Waals surface area contributed by atoms with Gasteiger partial charge in [0.25, 0.3) is 0 Å². The first kappa shape index (κ1) is 7.84. The van der Waals surface area contributed by atoms with Crippen molar-refractivity contribution in [3.05, 3.63) is 0 Å². The van der Waals surface area contributed by atoms with Gasteiger partial charge in [-0.2, -0.15) is 0 Å². The van der Waals surface area contributed by atoms with E-state index in [0.29, 0.717) is 6.61 Å². The predicted octanol–water partition coefficient (Wildman–Crippen LogP) is -0.122. The number of aliphatic hydroxyl groups excluding tert-OH is 1. The zero-order valence-electron chi connectivity index (χ0n) is 4.79. The number of hydrogen-bond acceptors (Lipinski definition) is 4. The second kappa shape index (κ2) is 6.84. The first-order valence-electron chi connectivity index (χ1n) is 2.43. The summed E-state index contributed by atoms with van der Waals surface area (Å²) < 4.78 is 0. The summed E-state index contributed by atoms with van der Waals surface area (Å²) in [5.74, 6) is 0. The van der Waals surface area contributed by atoms with Crippen LogP contribution in [0.4, 0.5) is 0 Å². The topological polar surface area (TPSA) is 47.9 Å². The summed E-state index contributed by atoms with van der Waals surface area (Å²) in [7, 11) is 0. The molecule has 0 amide bonds. The highest BCUT2D eigenvalue weighted by Crippen LogP contribution is 1.77. The highest BCUT2D eigenvalue weighted by molar-refractivity contribution is 4.10. The van der Waals surface area contributed by atoms with Crippen molar-refractivity contribution in [2.75, 3.05) is 19.8 Å². The van der Waals surface area contributed by atoms with Crippen LogP contribution in [0.2, 0.25) is 0 Å². The summed E-state index contributed by atoms with van der Waals surface area (Å²) >= 11 is 0. The molecule has 0 atom stereocenters. The van der Waals surface area contributed by atoms with E-state index in [1.165, 1.54) is 0 Å². The van der Waals surface area contributed by atoms with E-state index >= 15 is 0 Å². The first-order valence-corrected chi connectivity index (χ1v) is 2.43.